The Morgan fingerprint density at radius 3 is 2.83 bits per heavy atom. The van der Waals surface area contributed by atoms with Gasteiger partial charge in [0.15, 0.2) is 5.82 Å². The van der Waals surface area contributed by atoms with E-state index in [2.05, 4.69) is 27.5 Å². The van der Waals surface area contributed by atoms with E-state index in [1.54, 1.807) is 12.4 Å². The van der Waals surface area contributed by atoms with Crippen molar-refractivity contribution < 1.29 is 0 Å². The first-order valence-electron chi connectivity index (χ1n) is 5.86. The predicted molar refractivity (Wildman–Crippen MR) is 75.5 cm³/mol. The second kappa shape index (κ2) is 6.21. The molecule has 0 saturated heterocycles. The molecule has 5 heteroatoms. The minimum atomic E-state index is 0.688. The Bertz CT molecular complexity index is 516. The summed E-state index contributed by atoms with van der Waals surface area (Å²) >= 11 is 5.92. The van der Waals surface area contributed by atoms with Crippen LogP contribution in [-0.2, 0) is 0 Å². The average Bonchev–Trinajstić information content (AvgIpc) is 2.37. The van der Waals surface area contributed by atoms with Crippen molar-refractivity contribution in [3.63, 3.8) is 0 Å². The van der Waals surface area contributed by atoms with Crippen molar-refractivity contribution in [3.05, 3.63) is 41.7 Å². The van der Waals surface area contributed by atoms with E-state index in [4.69, 9.17) is 11.6 Å². The molecule has 0 unspecified atom stereocenters. The highest BCUT2D eigenvalue weighted by atomic mass is 35.5. The van der Waals surface area contributed by atoms with Gasteiger partial charge in [0.25, 0.3) is 0 Å². The van der Waals surface area contributed by atoms with Gasteiger partial charge < -0.3 is 10.6 Å². The van der Waals surface area contributed by atoms with E-state index in [1.165, 1.54) is 0 Å². The molecule has 2 N–H and O–H groups in total. The first-order valence-corrected chi connectivity index (χ1v) is 6.24. The number of rotatable bonds is 5. The SMILES string of the molecule is CCCNc1cncc(Nc2cccc(Cl)c2)n1. The van der Waals surface area contributed by atoms with Gasteiger partial charge in [-0.05, 0) is 24.6 Å². The molecule has 0 atom stereocenters. The predicted octanol–water partition coefficient (Wildman–Crippen LogP) is 3.70. The van der Waals surface area contributed by atoms with Gasteiger partial charge in [-0.1, -0.05) is 24.6 Å². The van der Waals surface area contributed by atoms with Crippen LogP contribution in [0.2, 0.25) is 5.02 Å². The highest BCUT2D eigenvalue weighted by molar-refractivity contribution is 6.30. The zero-order chi connectivity index (χ0) is 12.8. The summed E-state index contributed by atoms with van der Waals surface area (Å²) in [5, 5.41) is 7.04. The van der Waals surface area contributed by atoms with Gasteiger partial charge in [-0.15, -0.1) is 0 Å². The number of hydrogen-bond acceptors (Lipinski definition) is 4. The van der Waals surface area contributed by atoms with Gasteiger partial charge in [-0.3, -0.25) is 4.98 Å². The van der Waals surface area contributed by atoms with Gasteiger partial charge in [0.2, 0.25) is 0 Å². The van der Waals surface area contributed by atoms with Crippen LogP contribution in [0, 0.1) is 0 Å². The Balaban J connectivity index is 2.09. The highest BCUT2D eigenvalue weighted by Crippen LogP contribution is 2.19. The summed E-state index contributed by atoms with van der Waals surface area (Å²) in [6.45, 7) is 2.99. The standard InChI is InChI=1S/C13H15ClN4/c1-2-6-16-12-8-15-9-13(18-12)17-11-5-3-4-10(14)7-11/h3-5,7-9H,2,6H2,1H3,(H2,16,17,18). The van der Waals surface area contributed by atoms with Crippen LogP contribution < -0.4 is 10.6 Å². The number of aromatic nitrogens is 2. The maximum Gasteiger partial charge on any atom is 0.151 e. The van der Waals surface area contributed by atoms with Crippen LogP contribution >= 0.6 is 11.6 Å². The Labute approximate surface area is 111 Å². The third-order valence-corrected chi connectivity index (χ3v) is 2.52. The molecule has 0 fully saturated rings. The minimum Gasteiger partial charge on any atom is -0.369 e. The largest absolute Gasteiger partial charge is 0.369 e. The fourth-order valence-corrected chi connectivity index (χ4v) is 1.67. The van der Waals surface area contributed by atoms with E-state index in [1.807, 2.05) is 24.3 Å². The zero-order valence-electron chi connectivity index (χ0n) is 10.2. The topological polar surface area (TPSA) is 49.8 Å². The molecule has 18 heavy (non-hydrogen) atoms. The van der Waals surface area contributed by atoms with Gasteiger partial charge in [0.1, 0.15) is 5.82 Å². The van der Waals surface area contributed by atoms with Crippen molar-refractivity contribution in [1.29, 1.82) is 0 Å². The summed E-state index contributed by atoms with van der Waals surface area (Å²) in [6.07, 6.45) is 4.43. The molecule has 0 amide bonds. The van der Waals surface area contributed by atoms with E-state index in [0.717, 1.165) is 24.5 Å². The van der Waals surface area contributed by atoms with Crippen LogP contribution in [0.5, 0.6) is 0 Å². The molecule has 0 aliphatic rings. The van der Waals surface area contributed by atoms with Crippen molar-refractivity contribution in [2.75, 3.05) is 17.2 Å². The van der Waals surface area contributed by atoms with E-state index in [0.29, 0.717) is 10.8 Å². The van der Waals surface area contributed by atoms with Gasteiger partial charge in [0, 0.05) is 17.3 Å². The normalized spacial score (nSPS) is 10.1. The summed E-state index contributed by atoms with van der Waals surface area (Å²) in [7, 11) is 0. The third kappa shape index (κ3) is 3.60. The molecule has 0 saturated carbocycles. The van der Waals surface area contributed by atoms with Crippen molar-refractivity contribution in [2.45, 2.75) is 13.3 Å². The Kier molecular flexibility index (Phi) is 4.36. The molecular weight excluding hydrogens is 248 g/mol. The highest BCUT2D eigenvalue weighted by Gasteiger charge is 1.99. The summed E-state index contributed by atoms with van der Waals surface area (Å²) in [5.74, 6) is 1.46. The lowest BCUT2D eigenvalue weighted by molar-refractivity contribution is 0.965. The van der Waals surface area contributed by atoms with E-state index in [-0.39, 0.29) is 0 Å². The van der Waals surface area contributed by atoms with Crippen LogP contribution in [0.1, 0.15) is 13.3 Å². The van der Waals surface area contributed by atoms with Gasteiger partial charge >= 0.3 is 0 Å². The lowest BCUT2D eigenvalue weighted by Gasteiger charge is -2.08. The van der Waals surface area contributed by atoms with Crippen LogP contribution in [0.4, 0.5) is 17.3 Å². The number of anilines is 3. The smallest absolute Gasteiger partial charge is 0.151 e. The van der Waals surface area contributed by atoms with Crippen LogP contribution in [0.15, 0.2) is 36.7 Å². The first kappa shape index (κ1) is 12.6. The van der Waals surface area contributed by atoms with Crippen molar-refractivity contribution >= 4 is 28.9 Å². The Hall–Kier alpha value is -1.81. The molecule has 0 bridgehead atoms. The van der Waals surface area contributed by atoms with E-state index in [9.17, 15) is 0 Å². The van der Waals surface area contributed by atoms with E-state index < -0.39 is 0 Å². The number of hydrogen-bond donors (Lipinski definition) is 2. The molecular formula is C13H15ClN4. The molecule has 1 heterocycles. The monoisotopic (exact) mass is 262 g/mol. The molecule has 1 aromatic carbocycles. The van der Waals surface area contributed by atoms with Crippen molar-refractivity contribution in [1.82, 2.24) is 9.97 Å². The molecule has 1 aromatic heterocycles. The van der Waals surface area contributed by atoms with Crippen LogP contribution in [-0.4, -0.2) is 16.5 Å². The molecule has 0 radical (unpaired) electrons. The molecule has 4 nitrogen and oxygen atoms in total. The van der Waals surface area contributed by atoms with E-state index >= 15 is 0 Å². The van der Waals surface area contributed by atoms with Gasteiger partial charge in [0.05, 0.1) is 12.4 Å². The Morgan fingerprint density at radius 1 is 1.22 bits per heavy atom. The fraction of sp³-hybridized carbons (Fsp3) is 0.231. The second-order valence-corrected chi connectivity index (χ2v) is 4.29. The second-order valence-electron chi connectivity index (χ2n) is 3.85. The molecule has 94 valence electrons. The quantitative estimate of drug-likeness (QED) is 0.863. The number of nitrogens with zero attached hydrogens (tertiary/aromatic N) is 2. The molecule has 2 rings (SSSR count). The van der Waals surface area contributed by atoms with Crippen LogP contribution in [0.25, 0.3) is 0 Å². The van der Waals surface area contributed by atoms with Gasteiger partial charge in [-0.25, -0.2) is 4.98 Å². The minimum absolute atomic E-state index is 0.688. The summed E-state index contributed by atoms with van der Waals surface area (Å²) in [4.78, 5) is 8.54. The maximum atomic E-state index is 5.92. The third-order valence-electron chi connectivity index (χ3n) is 2.29. The zero-order valence-corrected chi connectivity index (χ0v) is 10.9. The summed E-state index contributed by atoms with van der Waals surface area (Å²) in [5.41, 5.74) is 0.893. The molecule has 0 aliphatic heterocycles. The number of benzene rings is 1. The lowest BCUT2D eigenvalue weighted by Crippen LogP contribution is -2.04. The Morgan fingerprint density at radius 2 is 2.06 bits per heavy atom. The summed E-state index contributed by atoms with van der Waals surface area (Å²) in [6, 6.07) is 7.49. The lowest BCUT2D eigenvalue weighted by atomic mass is 10.3. The number of halogens is 1. The van der Waals surface area contributed by atoms with Crippen molar-refractivity contribution in [2.24, 2.45) is 0 Å². The first-order chi connectivity index (χ1) is 8.78. The fourth-order valence-electron chi connectivity index (χ4n) is 1.48. The maximum absolute atomic E-state index is 5.92. The molecule has 0 aliphatic carbocycles. The number of nitrogens with one attached hydrogen (secondary N) is 2. The average molecular weight is 263 g/mol. The van der Waals surface area contributed by atoms with Gasteiger partial charge in [-0.2, -0.15) is 0 Å². The van der Waals surface area contributed by atoms with Crippen LogP contribution in [0.3, 0.4) is 0 Å². The molecule has 2 aromatic rings. The van der Waals surface area contributed by atoms with Crippen molar-refractivity contribution in [3.8, 4) is 0 Å². The summed E-state index contributed by atoms with van der Waals surface area (Å²) < 4.78 is 0. The molecule has 0 spiro atoms.